The van der Waals surface area contributed by atoms with Crippen molar-refractivity contribution in [2.45, 2.75) is 103 Å². The summed E-state index contributed by atoms with van der Waals surface area (Å²) in [6.07, 6.45) is 1.64. The van der Waals surface area contributed by atoms with Crippen molar-refractivity contribution in [1.82, 2.24) is 9.55 Å². The Morgan fingerprint density at radius 1 is 1.09 bits per heavy atom. The highest BCUT2D eigenvalue weighted by Crippen LogP contribution is 2.42. The van der Waals surface area contributed by atoms with Crippen molar-refractivity contribution in [1.29, 1.82) is 0 Å². The van der Waals surface area contributed by atoms with Crippen LogP contribution in [0.15, 0.2) is 34.6 Å². The minimum absolute atomic E-state index is 0.0800. The van der Waals surface area contributed by atoms with Crippen molar-refractivity contribution >= 4 is 28.0 Å². The standard InChI is InChI=1S/C25H42N2O4SSi2/c1-24(2,3)33(7,8)29-17-20-19(31-34(9,10)25(4,5)6)16-22(30-20)27-14-13-18(26-23(27)28)21-12-11-15-32-21/h11-15,19-20,22H,16-17H2,1-10H3/t19-,20+,22+/m0/s1. The average Bonchev–Trinajstić information content (AvgIpc) is 3.34. The molecule has 0 aromatic carbocycles. The molecule has 0 radical (unpaired) electrons. The zero-order chi connectivity index (χ0) is 25.5. The molecule has 0 unspecified atom stereocenters. The van der Waals surface area contributed by atoms with Gasteiger partial charge in [-0.25, -0.2) is 4.79 Å². The van der Waals surface area contributed by atoms with E-state index >= 15 is 0 Å². The van der Waals surface area contributed by atoms with Crippen molar-refractivity contribution in [3.63, 3.8) is 0 Å². The van der Waals surface area contributed by atoms with Gasteiger partial charge in [0.1, 0.15) is 12.3 Å². The van der Waals surface area contributed by atoms with Crippen LogP contribution in [0.1, 0.15) is 54.2 Å². The normalized spacial score (nSPS) is 22.4. The first-order chi connectivity index (χ1) is 15.5. The fraction of sp³-hybridized carbons (Fsp3) is 0.680. The van der Waals surface area contributed by atoms with Crippen molar-refractivity contribution in [2.24, 2.45) is 0 Å². The van der Waals surface area contributed by atoms with Crippen LogP contribution in [0.3, 0.4) is 0 Å². The van der Waals surface area contributed by atoms with E-state index < -0.39 is 22.9 Å². The van der Waals surface area contributed by atoms with Crippen LogP contribution in [-0.4, -0.2) is 45.0 Å². The lowest BCUT2D eigenvalue weighted by Crippen LogP contribution is -2.48. The molecule has 3 atom stereocenters. The third-order valence-electron chi connectivity index (χ3n) is 7.76. The molecule has 6 nitrogen and oxygen atoms in total. The Bertz CT molecular complexity index is 1020. The van der Waals surface area contributed by atoms with Crippen LogP contribution in [0.2, 0.25) is 36.3 Å². The monoisotopic (exact) mass is 522 g/mol. The Labute approximate surface area is 210 Å². The molecule has 2 aromatic heterocycles. The smallest absolute Gasteiger partial charge is 0.350 e. The molecule has 0 N–H and O–H groups in total. The molecule has 1 aliphatic heterocycles. The van der Waals surface area contributed by atoms with Crippen molar-refractivity contribution in [2.75, 3.05) is 6.61 Å². The molecule has 9 heteroatoms. The van der Waals surface area contributed by atoms with Crippen LogP contribution in [0.5, 0.6) is 0 Å². The van der Waals surface area contributed by atoms with Crippen LogP contribution in [-0.2, 0) is 13.6 Å². The molecule has 0 aliphatic carbocycles. The maximum atomic E-state index is 12.9. The van der Waals surface area contributed by atoms with Gasteiger partial charge < -0.3 is 13.6 Å². The second kappa shape index (κ2) is 9.74. The lowest BCUT2D eigenvalue weighted by Gasteiger charge is -2.40. The van der Waals surface area contributed by atoms with E-state index in [0.717, 1.165) is 4.88 Å². The summed E-state index contributed by atoms with van der Waals surface area (Å²) in [5.74, 6) is 0. The first-order valence-electron chi connectivity index (χ1n) is 12.1. The molecule has 2 aromatic rings. The van der Waals surface area contributed by atoms with E-state index in [2.05, 4.69) is 72.7 Å². The van der Waals surface area contributed by atoms with Gasteiger partial charge in [0, 0.05) is 12.6 Å². The van der Waals surface area contributed by atoms with E-state index in [1.54, 1.807) is 22.1 Å². The number of thiophene rings is 1. The number of rotatable bonds is 7. The van der Waals surface area contributed by atoms with Gasteiger partial charge in [-0.3, -0.25) is 4.57 Å². The highest BCUT2D eigenvalue weighted by Gasteiger charge is 2.46. The molecule has 0 bridgehead atoms. The van der Waals surface area contributed by atoms with E-state index in [9.17, 15) is 4.79 Å². The SMILES string of the molecule is CC(C)(C)[Si](C)(C)OC[C@H]1O[C@@H](n2ccc(-c3cccs3)nc2=O)C[C@@H]1O[Si](C)(C)C(C)(C)C. The molecule has 1 aliphatic rings. The van der Waals surface area contributed by atoms with E-state index in [0.29, 0.717) is 18.7 Å². The number of hydrogen-bond donors (Lipinski definition) is 0. The third kappa shape index (κ3) is 5.99. The number of ether oxygens (including phenoxy) is 1. The van der Waals surface area contributed by atoms with Crippen LogP contribution in [0, 0.1) is 0 Å². The summed E-state index contributed by atoms with van der Waals surface area (Å²) in [5, 5.41) is 2.17. The first kappa shape index (κ1) is 27.5. The number of nitrogens with zero attached hydrogens (tertiary/aromatic N) is 2. The van der Waals surface area contributed by atoms with Gasteiger partial charge in [-0.05, 0) is 53.8 Å². The summed E-state index contributed by atoms with van der Waals surface area (Å²) < 4.78 is 21.4. The zero-order valence-corrected chi connectivity index (χ0v) is 25.3. The lowest BCUT2D eigenvalue weighted by molar-refractivity contribution is -0.0411. The van der Waals surface area contributed by atoms with Gasteiger partial charge >= 0.3 is 5.69 Å². The molecule has 190 valence electrons. The van der Waals surface area contributed by atoms with E-state index in [4.69, 9.17) is 13.6 Å². The summed E-state index contributed by atoms with van der Waals surface area (Å²) in [6.45, 7) is 22.9. The van der Waals surface area contributed by atoms with Gasteiger partial charge in [0.25, 0.3) is 0 Å². The Hall–Kier alpha value is -1.11. The van der Waals surface area contributed by atoms with Crippen molar-refractivity contribution < 1.29 is 13.6 Å². The fourth-order valence-electron chi connectivity index (χ4n) is 3.40. The predicted molar refractivity (Wildman–Crippen MR) is 146 cm³/mol. The minimum atomic E-state index is -2.04. The van der Waals surface area contributed by atoms with Crippen LogP contribution in [0.4, 0.5) is 0 Å². The lowest BCUT2D eigenvalue weighted by atomic mass is 10.2. The van der Waals surface area contributed by atoms with E-state index in [1.165, 1.54) is 0 Å². The molecule has 1 fully saturated rings. The molecular formula is C25H42N2O4SSi2. The van der Waals surface area contributed by atoms with Gasteiger partial charge in [0.15, 0.2) is 16.6 Å². The average molecular weight is 523 g/mol. The Morgan fingerprint density at radius 2 is 1.74 bits per heavy atom. The van der Waals surface area contributed by atoms with Gasteiger partial charge in [0.2, 0.25) is 0 Å². The summed E-state index contributed by atoms with van der Waals surface area (Å²) >= 11 is 1.57. The quantitative estimate of drug-likeness (QED) is 0.380. The van der Waals surface area contributed by atoms with Gasteiger partial charge in [-0.15, -0.1) is 11.3 Å². The Morgan fingerprint density at radius 3 is 2.26 bits per heavy atom. The molecule has 0 amide bonds. The summed E-state index contributed by atoms with van der Waals surface area (Å²) in [4.78, 5) is 18.3. The number of hydrogen-bond acceptors (Lipinski definition) is 6. The van der Waals surface area contributed by atoms with Crippen molar-refractivity contribution in [3.8, 4) is 10.6 Å². The third-order valence-corrected chi connectivity index (χ3v) is 17.7. The molecule has 1 saturated heterocycles. The number of aromatic nitrogens is 2. The second-order valence-electron chi connectivity index (χ2n) is 12.3. The molecule has 0 saturated carbocycles. The first-order valence-corrected chi connectivity index (χ1v) is 18.8. The topological polar surface area (TPSA) is 62.6 Å². The fourth-order valence-corrected chi connectivity index (χ4v) is 6.47. The van der Waals surface area contributed by atoms with Crippen LogP contribution in [0.25, 0.3) is 10.6 Å². The van der Waals surface area contributed by atoms with Gasteiger partial charge in [0.05, 0.1) is 23.3 Å². The van der Waals surface area contributed by atoms with Gasteiger partial charge in [-0.1, -0.05) is 47.6 Å². The molecule has 3 rings (SSSR count). The van der Waals surface area contributed by atoms with Crippen molar-refractivity contribution in [3.05, 3.63) is 40.3 Å². The molecule has 34 heavy (non-hydrogen) atoms. The van der Waals surface area contributed by atoms with Crippen LogP contribution < -0.4 is 5.69 Å². The molecule has 0 spiro atoms. The summed E-state index contributed by atoms with van der Waals surface area (Å²) in [5.41, 5.74) is 0.397. The van der Waals surface area contributed by atoms with E-state index in [-0.39, 0.29) is 28.0 Å². The maximum Gasteiger partial charge on any atom is 0.350 e. The summed E-state index contributed by atoms with van der Waals surface area (Å²) in [7, 11) is -3.99. The maximum absolute atomic E-state index is 12.9. The largest absolute Gasteiger partial charge is 0.414 e. The van der Waals surface area contributed by atoms with Gasteiger partial charge in [-0.2, -0.15) is 4.98 Å². The predicted octanol–water partition coefficient (Wildman–Crippen LogP) is 6.67. The highest BCUT2D eigenvalue weighted by atomic mass is 32.1. The van der Waals surface area contributed by atoms with E-state index in [1.807, 2.05) is 23.6 Å². The molecular weight excluding hydrogens is 481 g/mol. The zero-order valence-electron chi connectivity index (χ0n) is 22.5. The minimum Gasteiger partial charge on any atom is -0.414 e. The highest BCUT2D eigenvalue weighted by molar-refractivity contribution is 7.13. The second-order valence-corrected chi connectivity index (χ2v) is 22.8. The molecule has 3 heterocycles. The Kier molecular flexibility index (Phi) is 7.88. The van der Waals surface area contributed by atoms with Crippen LogP contribution >= 0.6 is 11.3 Å². The Balaban J connectivity index is 1.84. The summed E-state index contributed by atoms with van der Waals surface area (Å²) in [6, 6.07) is 5.82.